The predicted molar refractivity (Wildman–Crippen MR) is 89.4 cm³/mol. The Labute approximate surface area is 134 Å². The maximum Gasteiger partial charge on any atom is 0.193 e. The summed E-state index contributed by atoms with van der Waals surface area (Å²) in [5.74, 6) is -0.970. The van der Waals surface area contributed by atoms with Crippen molar-refractivity contribution in [1.82, 2.24) is 4.90 Å². The Hall–Kier alpha value is -1.34. The zero-order chi connectivity index (χ0) is 16.2. The third kappa shape index (κ3) is 4.33. The zero-order valence-electron chi connectivity index (χ0n) is 12.9. The summed E-state index contributed by atoms with van der Waals surface area (Å²) in [5.41, 5.74) is 5.82. The van der Waals surface area contributed by atoms with Crippen LogP contribution in [0.4, 0.5) is 14.5 Å². The number of aliphatic imine (C=N–C) groups is 1. The zero-order valence-corrected chi connectivity index (χ0v) is 13.7. The molecule has 122 valence electrons. The summed E-state index contributed by atoms with van der Waals surface area (Å²) in [6.07, 6.45) is 4.16. The number of guanidine groups is 1. The molecule has 0 radical (unpaired) electrons. The quantitative estimate of drug-likeness (QED) is 0.659. The molecule has 1 aromatic carbocycles. The molecule has 0 spiro atoms. The van der Waals surface area contributed by atoms with E-state index in [1.807, 2.05) is 0 Å². The van der Waals surface area contributed by atoms with E-state index in [-0.39, 0.29) is 16.4 Å². The number of rotatable bonds is 4. The van der Waals surface area contributed by atoms with E-state index >= 15 is 0 Å². The van der Waals surface area contributed by atoms with Crippen LogP contribution in [0, 0.1) is 11.6 Å². The highest BCUT2D eigenvalue weighted by molar-refractivity contribution is 8.00. The first-order valence-corrected chi connectivity index (χ1v) is 8.42. The Morgan fingerprint density at radius 2 is 2.09 bits per heavy atom. The Balaban J connectivity index is 2.01. The second kappa shape index (κ2) is 7.28. The van der Waals surface area contributed by atoms with Gasteiger partial charge in [-0.05, 0) is 51.4 Å². The molecule has 7 heteroatoms. The molecular formula is C15H22F2N4S. The standard InChI is InChI=1S/C15H22F2N4S/c1-21-7-5-15(22-2,6-8-21)10-19-14(18)20-13-9-11(16)3-4-12(13)17/h3-4,9H,5-8,10H2,1-2H3,(H3,18,19,20). The van der Waals surface area contributed by atoms with Crippen molar-refractivity contribution in [2.24, 2.45) is 10.7 Å². The highest BCUT2D eigenvalue weighted by atomic mass is 32.2. The lowest BCUT2D eigenvalue weighted by Crippen LogP contribution is -2.43. The van der Waals surface area contributed by atoms with Crippen LogP contribution in [0.2, 0.25) is 0 Å². The van der Waals surface area contributed by atoms with Crippen LogP contribution >= 0.6 is 11.8 Å². The average molecular weight is 328 g/mol. The number of nitrogens with two attached hydrogens (primary N) is 1. The second-order valence-corrected chi connectivity index (χ2v) is 6.92. The van der Waals surface area contributed by atoms with E-state index in [4.69, 9.17) is 5.73 Å². The fraction of sp³-hybridized carbons (Fsp3) is 0.533. The van der Waals surface area contributed by atoms with Gasteiger partial charge in [-0.3, -0.25) is 4.99 Å². The number of anilines is 1. The molecule has 1 aliphatic heterocycles. The van der Waals surface area contributed by atoms with Crippen LogP contribution in [-0.4, -0.2) is 48.5 Å². The van der Waals surface area contributed by atoms with Crippen LogP contribution < -0.4 is 11.1 Å². The SMILES string of the molecule is CSC1(CN=C(N)Nc2cc(F)ccc2F)CCN(C)CC1. The van der Waals surface area contributed by atoms with Crippen LogP contribution in [0.5, 0.6) is 0 Å². The molecule has 22 heavy (non-hydrogen) atoms. The number of halogens is 2. The number of nitrogens with one attached hydrogen (secondary N) is 1. The lowest BCUT2D eigenvalue weighted by atomic mass is 9.96. The third-order valence-electron chi connectivity index (χ3n) is 4.06. The smallest absolute Gasteiger partial charge is 0.193 e. The van der Waals surface area contributed by atoms with Gasteiger partial charge in [0.05, 0.1) is 12.2 Å². The monoisotopic (exact) mass is 328 g/mol. The van der Waals surface area contributed by atoms with Gasteiger partial charge in [-0.2, -0.15) is 11.8 Å². The van der Waals surface area contributed by atoms with Crippen molar-refractivity contribution in [3.05, 3.63) is 29.8 Å². The normalized spacial score (nSPS) is 19.2. The van der Waals surface area contributed by atoms with Gasteiger partial charge in [0.15, 0.2) is 5.96 Å². The molecule has 2 rings (SSSR count). The summed E-state index contributed by atoms with van der Waals surface area (Å²) < 4.78 is 26.8. The van der Waals surface area contributed by atoms with Gasteiger partial charge in [-0.1, -0.05) is 0 Å². The van der Waals surface area contributed by atoms with Gasteiger partial charge in [-0.25, -0.2) is 8.78 Å². The largest absolute Gasteiger partial charge is 0.370 e. The first-order chi connectivity index (χ1) is 10.4. The van der Waals surface area contributed by atoms with Crippen molar-refractivity contribution >= 4 is 23.4 Å². The number of piperidine rings is 1. The molecule has 1 aliphatic rings. The van der Waals surface area contributed by atoms with E-state index in [2.05, 4.69) is 28.5 Å². The number of thioether (sulfide) groups is 1. The molecule has 0 aromatic heterocycles. The molecule has 0 bridgehead atoms. The highest BCUT2D eigenvalue weighted by Gasteiger charge is 2.32. The van der Waals surface area contributed by atoms with Crippen molar-refractivity contribution in [2.75, 3.05) is 38.3 Å². The lowest BCUT2D eigenvalue weighted by molar-refractivity contribution is 0.242. The fourth-order valence-electron chi connectivity index (χ4n) is 2.45. The minimum atomic E-state index is -0.557. The summed E-state index contributed by atoms with van der Waals surface area (Å²) in [7, 11) is 2.11. The van der Waals surface area contributed by atoms with E-state index in [0.29, 0.717) is 6.54 Å². The third-order valence-corrected chi connectivity index (χ3v) is 5.46. The molecule has 0 atom stereocenters. The summed E-state index contributed by atoms with van der Waals surface area (Å²) in [5, 5.41) is 2.63. The summed E-state index contributed by atoms with van der Waals surface area (Å²) >= 11 is 1.80. The number of benzene rings is 1. The molecule has 1 aromatic rings. The van der Waals surface area contributed by atoms with Gasteiger partial charge in [0, 0.05) is 10.8 Å². The summed E-state index contributed by atoms with van der Waals surface area (Å²) in [4.78, 5) is 6.63. The highest BCUT2D eigenvalue weighted by Crippen LogP contribution is 2.34. The molecule has 3 N–H and O–H groups in total. The fourth-order valence-corrected chi connectivity index (χ4v) is 3.24. The first kappa shape index (κ1) is 17.0. The van der Waals surface area contributed by atoms with Gasteiger partial charge in [0.1, 0.15) is 11.6 Å². The van der Waals surface area contributed by atoms with Gasteiger partial charge in [0.2, 0.25) is 0 Å². The van der Waals surface area contributed by atoms with Crippen molar-refractivity contribution in [3.63, 3.8) is 0 Å². The number of likely N-dealkylation sites (tertiary alicyclic amines) is 1. The molecule has 0 unspecified atom stereocenters. The molecule has 1 heterocycles. The van der Waals surface area contributed by atoms with Crippen LogP contribution in [0.3, 0.4) is 0 Å². The van der Waals surface area contributed by atoms with Crippen molar-refractivity contribution in [1.29, 1.82) is 0 Å². The van der Waals surface area contributed by atoms with E-state index in [1.165, 1.54) is 0 Å². The number of hydrogen-bond acceptors (Lipinski definition) is 3. The maximum absolute atomic E-state index is 13.6. The van der Waals surface area contributed by atoms with Crippen molar-refractivity contribution < 1.29 is 8.78 Å². The molecule has 4 nitrogen and oxygen atoms in total. The predicted octanol–water partition coefficient (Wildman–Crippen LogP) is 2.52. The lowest BCUT2D eigenvalue weighted by Gasteiger charge is -2.38. The molecule has 1 saturated heterocycles. The molecule has 1 fully saturated rings. The second-order valence-electron chi connectivity index (χ2n) is 5.64. The average Bonchev–Trinajstić information content (AvgIpc) is 2.51. The topological polar surface area (TPSA) is 53.6 Å². The van der Waals surface area contributed by atoms with Gasteiger partial charge in [0.25, 0.3) is 0 Å². The van der Waals surface area contributed by atoms with Crippen LogP contribution in [0.25, 0.3) is 0 Å². The minimum absolute atomic E-state index is 0.00262. The minimum Gasteiger partial charge on any atom is -0.370 e. The summed E-state index contributed by atoms with van der Waals surface area (Å²) in [6.45, 7) is 2.63. The Kier molecular flexibility index (Phi) is 5.63. The van der Waals surface area contributed by atoms with Gasteiger partial charge >= 0.3 is 0 Å². The molecule has 0 saturated carbocycles. The molecule has 0 amide bonds. The van der Waals surface area contributed by atoms with Crippen LogP contribution in [-0.2, 0) is 0 Å². The Bertz CT molecular complexity index is 542. The Morgan fingerprint density at radius 3 is 2.73 bits per heavy atom. The summed E-state index contributed by atoms with van der Waals surface area (Å²) in [6, 6.07) is 3.19. The number of hydrogen-bond donors (Lipinski definition) is 2. The molecule has 0 aliphatic carbocycles. The van der Waals surface area contributed by atoms with Gasteiger partial charge < -0.3 is 16.0 Å². The van der Waals surface area contributed by atoms with Crippen molar-refractivity contribution in [3.8, 4) is 0 Å². The van der Waals surface area contributed by atoms with E-state index < -0.39 is 11.6 Å². The number of nitrogens with zero attached hydrogens (tertiary/aromatic N) is 2. The first-order valence-electron chi connectivity index (χ1n) is 7.20. The van der Waals surface area contributed by atoms with Crippen LogP contribution in [0.15, 0.2) is 23.2 Å². The van der Waals surface area contributed by atoms with E-state index in [1.54, 1.807) is 11.8 Å². The van der Waals surface area contributed by atoms with Crippen molar-refractivity contribution in [2.45, 2.75) is 17.6 Å². The van der Waals surface area contributed by atoms with Crippen LogP contribution in [0.1, 0.15) is 12.8 Å². The van der Waals surface area contributed by atoms with Gasteiger partial charge in [-0.15, -0.1) is 0 Å². The Morgan fingerprint density at radius 1 is 1.41 bits per heavy atom. The van der Waals surface area contributed by atoms with E-state index in [9.17, 15) is 8.78 Å². The van der Waals surface area contributed by atoms with E-state index in [0.717, 1.165) is 44.1 Å². The maximum atomic E-state index is 13.6. The molecular weight excluding hydrogens is 306 g/mol.